The minimum atomic E-state index is -0.0397. The summed E-state index contributed by atoms with van der Waals surface area (Å²) in [4.78, 5) is 14.2. The fourth-order valence-corrected chi connectivity index (χ4v) is 2.45. The molecule has 1 saturated heterocycles. The number of nitrogens with zero attached hydrogens (tertiary/aromatic N) is 1. The molecule has 1 aliphatic rings. The van der Waals surface area contributed by atoms with Crippen LogP contribution in [-0.4, -0.2) is 70.5 Å². The molecule has 1 fully saturated rings. The molecule has 0 aromatic heterocycles. The second-order valence-electron chi connectivity index (χ2n) is 5.62. The molecule has 0 atom stereocenters. The molecule has 1 aliphatic heterocycles. The second-order valence-corrected chi connectivity index (χ2v) is 5.62. The van der Waals surface area contributed by atoms with Crippen molar-refractivity contribution in [1.82, 2.24) is 10.2 Å². The predicted octanol–water partition coefficient (Wildman–Crippen LogP) is 0.736. The zero-order valence-corrected chi connectivity index (χ0v) is 13.8. The summed E-state index contributed by atoms with van der Waals surface area (Å²) in [6, 6.07) is 8.08. The number of amides is 1. The average Bonchev–Trinajstić information content (AvgIpc) is 2.59. The third-order valence-electron chi connectivity index (χ3n) is 3.83. The lowest BCUT2D eigenvalue weighted by molar-refractivity contribution is -0.115. The van der Waals surface area contributed by atoms with Crippen LogP contribution in [0.2, 0.25) is 0 Å². The van der Waals surface area contributed by atoms with Gasteiger partial charge in [-0.25, -0.2) is 0 Å². The van der Waals surface area contributed by atoms with Crippen LogP contribution in [0, 0.1) is 0 Å². The molecule has 0 radical (unpaired) electrons. The van der Waals surface area contributed by atoms with Gasteiger partial charge < -0.3 is 20.1 Å². The van der Waals surface area contributed by atoms with Crippen molar-refractivity contribution in [3.05, 3.63) is 29.8 Å². The quantitative estimate of drug-likeness (QED) is 0.657. The minimum Gasteiger partial charge on any atom is -0.383 e. The van der Waals surface area contributed by atoms with E-state index in [4.69, 9.17) is 9.47 Å². The van der Waals surface area contributed by atoms with Gasteiger partial charge in [0.25, 0.3) is 0 Å². The van der Waals surface area contributed by atoms with Crippen molar-refractivity contribution >= 4 is 11.6 Å². The van der Waals surface area contributed by atoms with Crippen molar-refractivity contribution in [2.75, 3.05) is 65.0 Å². The summed E-state index contributed by atoms with van der Waals surface area (Å²) in [5.74, 6) is -0.0397. The first-order chi connectivity index (χ1) is 11.3. The molecule has 1 heterocycles. The Morgan fingerprint density at radius 1 is 1.26 bits per heavy atom. The molecule has 23 heavy (non-hydrogen) atoms. The highest BCUT2D eigenvalue weighted by Gasteiger charge is 2.09. The van der Waals surface area contributed by atoms with Crippen molar-refractivity contribution in [2.24, 2.45) is 0 Å². The normalized spacial score (nSPS) is 15.5. The van der Waals surface area contributed by atoms with Gasteiger partial charge >= 0.3 is 0 Å². The molecule has 1 aromatic rings. The van der Waals surface area contributed by atoms with Crippen molar-refractivity contribution in [2.45, 2.75) is 6.42 Å². The van der Waals surface area contributed by atoms with E-state index < -0.39 is 0 Å². The molecular weight excluding hydrogens is 294 g/mol. The highest BCUT2D eigenvalue weighted by atomic mass is 16.5. The number of ether oxygens (including phenoxy) is 2. The van der Waals surface area contributed by atoms with Crippen LogP contribution in [0.1, 0.15) is 5.56 Å². The highest BCUT2D eigenvalue weighted by molar-refractivity contribution is 5.92. The van der Waals surface area contributed by atoms with Gasteiger partial charge in [0.15, 0.2) is 0 Å². The van der Waals surface area contributed by atoms with Crippen molar-refractivity contribution in [3.8, 4) is 0 Å². The van der Waals surface area contributed by atoms with E-state index in [-0.39, 0.29) is 5.91 Å². The topological polar surface area (TPSA) is 62.8 Å². The Bertz CT molecular complexity index is 459. The lowest BCUT2D eigenvalue weighted by Crippen LogP contribution is -2.37. The number of morpholine rings is 1. The standard InChI is InChI=1S/C17H27N3O3/c1-22-11-7-18-14-17(21)19-16-4-2-15(3-5-16)6-8-20-9-12-23-13-10-20/h2-5,18H,6-14H2,1H3,(H,19,21). The summed E-state index contributed by atoms with van der Waals surface area (Å²) in [5, 5.41) is 5.90. The maximum atomic E-state index is 11.8. The predicted molar refractivity (Wildman–Crippen MR) is 90.8 cm³/mol. The highest BCUT2D eigenvalue weighted by Crippen LogP contribution is 2.11. The zero-order valence-electron chi connectivity index (χ0n) is 13.8. The molecule has 6 heteroatoms. The van der Waals surface area contributed by atoms with Crippen molar-refractivity contribution in [3.63, 3.8) is 0 Å². The summed E-state index contributed by atoms with van der Waals surface area (Å²) < 4.78 is 10.3. The molecule has 1 amide bonds. The van der Waals surface area contributed by atoms with E-state index in [1.165, 1.54) is 5.56 Å². The van der Waals surface area contributed by atoms with Crippen LogP contribution in [0.15, 0.2) is 24.3 Å². The average molecular weight is 321 g/mol. The maximum absolute atomic E-state index is 11.8. The van der Waals surface area contributed by atoms with Gasteiger partial charge in [0.1, 0.15) is 0 Å². The largest absolute Gasteiger partial charge is 0.383 e. The van der Waals surface area contributed by atoms with E-state index in [1.807, 2.05) is 12.1 Å². The summed E-state index contributed by atoms with van der Waals surface area (Å²) in [6.45, 7) is 6.33. The molecule has 2 rings (SSSR count). The smallest absolute Gasteiger partial charge is 0.238 e. The van der Waals surface area contributed by atoms with Gasteiger partial charge in [0.05, 0.1) is 26.4 Å². The molecule has 128 valence electrons. The van der Waals surface area contributed by atoms with E-state index in [9.17, 15) is 4.79 Å². The van der Waals surface area contributed by atoms with Crippen molar-refractivity contribution < 1.29 is 14.3 Å². The summed E-state index contributed by atoms with van der Waals surface area (Å²) in [7, 11) is 1.64. The Balaban J connectivity index is 1.68. The Morgan fingerprint density at radius 3 is 2.70 bits per heavy atom. The SMILES string of the molecule is COCCNCC(=O)Nc1ccc(CCN2CCOCC2)cc1. The van der Waals surface area contributed by atoms with Crippen molar-refractivity contribution in [1.29, 1.82) is 0 Å². The molecular formula is C17H27N3O3. The number of carbonyl (C=O) groups is 1. The molecule has 0 unspecified atom stereocenters. The number of benzene rings is 1. The van der Waals surface area contributed by atoms with Crippen LogP contribution < -0.4 is 10.6 Å². The van der Waals surface area contributed by atoms with Gasteiger partial charge in [0, 0.05) is 39.0 Å². The Labute approximate surface area is 138 Å². The van der Waals surface area contributed by atoms with Gasteiger partial charge in [-0.3, -0.25) is 9.69 Å². The van der Waals surface area contributed by atoms with E-state index >= 15 is 0 Å². The van der Waals surface area contributed by atoms with Gasteiger partial charge in [0.2, 0.25) is 5.91 Å². The second kappa shape index (κ2) is 10.3. The summed E-state index contributed by atoms with van der Waals surface area (Å²) in [6.07, 6.45) is 1.02. The molecule has 2 N–H and O–H groups in total. The van der Waals surface area contributed by atoms with E-state index in [0.717, 1.165) is 45.0 Å². The van der Waals surface area contributed by atoms with Crippen LogP contribution in [0.4, 0.5) is 5.69 Å². The first kappa shape index (κ1) is 17.9. The van der Waals surface area contributed by atoms with E-state index in [0.29, 0.717) is 19.7 Å². The monoisotopic (exact) mass is 321 g/mol. The number of carbonyl (C=O) groups excluding carboxylic acids is 1. The molecule has 6 nitrogen and oxygen atoms in total. The van der Waals surface area contributed by atoms with Gasteiger partial charge in [-0.2, -0.15) is 0 Å². The van der Waals surface area contributed by atoms with Crippen LogP contribution in [0.25, 0.3) is 0 Å². The third kappa shape index (κ3) is 7.09. The first-order valence-electron chi connectivity index (χ1n) is 8.16. The van der Waals surface area contributed by atoms with Gasteiger partial charge in [-0.05, 0) is 24.1 Å². The van der Waals surface area contributed by atoms with E-state index in [2.05, 4.69) is 27.7 Å². The van der Waals surface area contributed by atoms with Crippen LogP contribution in [0.5, 0.6) is 0 Å². The van der Waals surface area contributed by atoms with Gasteiger partial charge in [-0.15, -0.1) is 0 Å². The number of methoxy groups -OCH3 is 1. The Morgan fingerprint density at radius 2 is 2.00 bits per heavy atom. The lowest BCUT2D eigenvalue weighted by Gasteiger charge is -2.26. The van der Waals surface area contributed by atoms with Crippen LogP contribution in [0.3, 0.4) is 0 Å². The van der Waals surface area contributed by atoms with Crippen LogP contribution >= 0.6 is 0 Å². The summed E-state index contributed by atoms with van der Waals surface area (Å²) >= 11 is 0. The third-order valence-corrected chi connectivity index (χ3v) is 3.83. The number of rotatable bonds is 9. The van der Waals surface area contributed by atoms with Crippen LogP contribution in [-0.2, 0) is 20.7 Å². The first-order valence-corrected chi connectivity index (χ1v) is 8.16. The lowest BCUT2D eigenvalue weighted by atomic mass is 10.1. The number of hydrogen-bond acceptors (Lipinski definition) is 5. The Hall–Kier alpha value is -1.47. The van der Waals surface area contributed by atoms with E-state index in [1.54, 1.807) is 7.11 Å². The molecule has 0 saturated carbocycles. The number of hydrogen-bond donors (Lipinski definition) is 2. The van der Waals surface area contributed by atoms with Gasteiger partial charge in [-0.1, -0.05) is 12.1 Å². The maximum Gasteiger partial charge on any atom is 0.238 e. The molecule has 0 bridgehead atoms. The number of anilines is 1. The fraction of sp³-hybridized carbons (Fsp3) is 0.588. The minimum absolute atomic E-state index is 0.0397. The summed E-state index contributed by atoms with van der Waals surface area (Å²) in [5.41, 5.74) is 2.12. The molecule has 0 spiro atoms. The number of nitrogens with one attached hydrogen (secondary N) is 2. The fourth-order valence-electron chi connectivity index (χ4n) is 2.45. The molecule has 1 aromatic carbocycles. The molecule has 0 aliphatic carbocycles. The Kier molecular flexibility index (Phi) is 8.03. The zero-order chi connectivity index (χ0) is 16.3.